The van der Waals surface area contributed by atoms with Gasteiger partial charge in [-0.2, -0.15) is 0 Å². The number of carbonyl (C=O) groups is 2. The van der Waals surface area contributed by atoms with Crippen LogP contribution in [0, 0.1) is 13.8 Å². The molecule has 0 aliphatic heterocycles. The number of thiophene rings is 1. The molecule has 0 radical (unpaired) electrons. The molecule has 0 spiro atoms. The first-order valence-electron chi connectivity index (χ1n) is 6.92. The average molecular weight is 301 g/mol. The van der Waals surface area contributed by atoms with E-state index in [9.17, 15) is 9.59 Å². The first-order valence-corrected chi connectivity index (χ1v) is 7.74. The van der Waals surface area contributed by atoms with Crippen LogP contribution < -0.4 is 5.32 Å². The van der Waals surface area contributed by atoms with Crippen LogP contribution >= 0.6 is 11.3 Å². The van der Waals surface area contributed by atoms with Gasteiger partial charge in [0.2, 0.25) is 0 Å². The van der Waals surface area contributed by atoms with Crippen LogP contribution in [0.15, 0.2) is 30.3 Å². The number of hydrogen-bond donors (Lipinski definition) is 1. The second-order valence-corrected chi connectivity index (χ2v) is 6.31. The van der Waals surface area contributed by atoms with Crippen LogP contribution in [0.1, 0.15) is 43.0 Å². The van der Waals surface area contributed by atoms with Crippen LogP contribution in [-0.2, 0) is 6.42 Å². The summed E-state index contributed by atoms with van der Waals surface area (Å²) in [6, 6.07) is 9.66. The van der Waals surface area contributed by atoms with Crippen molar-refractivity contribution in [3.63, 3.8) is 0 Å². The minimum atomic E-state index is -0.0421. The van der Waals surface area contributed by atoms with E-state index in [1.165, 1.54) is 11.3 Å². The Morgan fingerprint density at radius 1 is 1.14 bits per heavy atom. The fourth-order valence-electron chi connectivity index (χ4n) is 2.08. The van der Waals surface area contributed by atoms with Gasteiger partial charge in [0.25, 0.3) is 5.91 Å². The number of ketones is 1. The molecular formula is C17H19NO2S. The van der Waals surface area contributed by atoms with Gasteiger partial charge in [0.1, 0.15) is 0 Å². The van der Waals surface area contributed by atoms with Crippen molar-refractivity contribution in [2.75, 3.05) is 6.54 Å². The number of amides is 1. The number of benzene rings is 1. The van der Waals surface area contributed by atoms with Crippen molar-refractivity contribution in [3.05, 3.63) is 56.8 Å². The van der Waals surface area contributed by atoms with Gasteiger partial charge < -0.3 is 5.32 Å². The van der Waals surface area contributed by atoms with Crippen molar-refractivity contribution < 1.29 is 9.59 Å². The predicted molar refractivity (Wildman–Crippen MR) is 86.3 cm³/mol. The summed E-state index contributed by atoms with van der Waals surface area (Å²) in [5.74, 6) is 0.0465. The maximum absolute atomic E-state index is 12.2. The molecule has 1 aromatic heterocycles. The fraction of sp³-hybridized carbons (Fsp3) is 0.294. The van der Waals surface area contributed by atoms with E-state index in [1.54, 1.807) is 6.92 Å². The lowest BCUT2D eigenvalue weighted by Crippen LogP contribution is -2.26. The van der Waals surface area contributed by atoms with Gasteiger partial charge in [0.05, 0.1) is 4.88 Å². The molecule has 0 saturated heterocycles. The van der Waals surface area contributed by atoms with E-state index in [0.717, 1.165) is 32.9 Å². The molecule has 1 aromatic carbocycles. The third-order valence-corrected chi connectivity index (χ3v) is 4.55. The molecule has 0 aliphatic rings. The molecular weight excluding hydrogens is 282 g/mol. The Kier molecular flexibility index (Phi) is 4.91. The van der Waals surface area contributed by atoms with Crippen LogP contribution in [0.25, 0.3) is 0 Å². The molecule has 0 bridgehead atoms. The van der Waals surface area contributed by atoms with Gasteiger partial charge in [-0.05, 0) is 51.0 Å². The highest BCUT2D eigenvalue weighted by molar-refractivity contribution is 7.14. The third-order valence-electron chi connectivity index (χ3n) is 3.30. The fourth-order valence-corrected chi connectivity index (χ4v) is 2.98. The number of rotatable bonds is 5. The Morgan fingerprint density at radius 3 is 2.57 bits per heavy atom. The number of hydrogen-bond acceptors (Lipinski definition) is 3. The van der Waals surface area contributed by atoms with Gasteiger partial charge in [-0.15, -0.1) is 11.3 Å². The molecule has 0 atom stereocenters. The summed E-state index contributed by atoms with van der Waals surface area (Å²) in [5.41, 5.74) is 2.79. The quantitative estimate of drug-likeness (QED) is 0.859. The molecule has 1 N–H and O–H groups in total. The number of carbonyl (C=O) groups excluding carboxylic acids is 2. The maximum Gasteiger partial charge on any atom is 0.251 e. The van der Waals surface area contributed by atoms with Gasteiger partial charge in [0, 0.05) is 17.0 Å². The maximum atomic E-state index is 12.2. The zero-order valence-electron chi connectivity index (χ0n) is 12.5. The summed E-state index contributed by atoms with van der Waals surface area (Å²) >= 11 is 1.49. The van der Waals surface area contributed by atoms with Crippen LogP contribution in [0.4, 0.5) is 0 Å². The molecule has 0 saturated carbocycles. The second-order valence-electron chi connectivity index (χ2n) is 5.15. The number of aryl methyl sites for hydroxylation is 2. The Hall–Kier alpha value is -1.94. The first kappa shape index (κ1) is 15.4. The van der Waals surface area contributed by atoms with Crippen molar-refractivity contribution in [3.8, 4) is 0 Å². The zero-order chi connectivity index (χ0) is 15.4. The number of Topliss-reactive ketones (excluding diaryl/α,β-unsaturated/α-hetero) is 1. The van der Waals surface area contributed by atoms with Gasteiger partial charge in [-0.1, -0.05) is 17.7 Å². The molecule has 3 nitrogen and oxygen atoms in total. The van der Waals surface area contributed by atoms with Crippen molar-refractivity contribution in [2.45, 2.75) is 27.2 Å². The molecule has 0 fully saturated rings. The molecule has 2 rings (SSSR count). The first-order chi connectivity index (χ1) is 9.97. The average Bonchev–Trinajstić information content (AvgIpc) is 2.90. The monoisotopic (exact) mass is 301 g/mol. The third kappa shape index (κ3) is 4.02. The van der Waals surface area contributed by atoms with Crippen molar-refractivity contribution in [2.24, 2.45) is 0 Å². The lowest BCUT2D eigenvalue weighted by Gasteiger charge is -2.08. The molecule has 1 heterocycles. The Balaban J connectivity index is 1.92. The largest absolute Gasteiger partial charge is 0.352 e. The summed E-state index contributed by atoms with van der Waals surface area (Å²) in [6.45, 7) is 6.06. The Morgan fingerprint density at radius 2 is 1.90 bits per heavy atom. The van der Waals surface area contributed by atoms with E-state index in [0.29, 0.717) is 6.54 Å². The zero-order valence-corrected chi connectivity index (χ0v) is 13.3. The minimum Gasteiger partial charge on any atom is -0.352 e. The van der Waals surface area contributed by atoms with E-state index in [4.69, 9.17) is 0 Å². The molecule has 2 aromatic rings. The summed E-state index contributed by atoms with van der Waals surface area (Å²) < 4.78 is 0. The topological polar surface area (TPSA) is 46.2 Å². The van der Waals surface area contributed by atoms with E-state index in [1.807, 2.05) is 44.2 Å². The molecule has 1 amide bonds. The highest BCUT2D eigenvalue weighted by Gasteiger charge is 2.09. The van der Waals surface area contributed by atoms with Gasteiger partial charge in [-0.3, -0.25) is 9.59 Å². The van der Waals surface area contributed by atoms with Crippen LogP contribution in [0.2, 0.25) is 0 Å². The number of nitrogens with one attached hydrogen (secondary N) is 1. The second kappa shape index (κ2) is 6.68. The Labute approximate surface area is 129 Å². The summed E-state index contributed by atoms with van der Waals surface area (Å²) in [5, 5.41) is 2.94. The lowest BCUT2D eigenvalue weighted by atomic mass is 10.1. The molecule has 0 unspecified atom stereocenters. The lowest BCUT2D eigenvalue weighted by molar-refractivity contribution is 0.0952. The van der Waals surface area contributed by atoms with Crippen molar-refractivity contribution in [1.82, 2.24) is 5.32 Å². The van der Waals surface area contributed by atoms with Crippen molar-refractivity contribution >= 4 is 23.0 Å². The summed E-state index contributed by atoms with van der Waals surface area (Å²) in [4.78, 5) is 25.3. The van der Waals surface area contributed by atoms with E-state index < -0.39 is 0 Å². The highest BCUT2D eigenvalue weighted by Crippen LogP contribution is 2.17. The van der Waals surface area contributed by atoms with Crippen LogP contribution in [-0.4, -0.2) is 18.2 Å². The predicted octanol–water partition coefficient (Wildman–Crippen LogP) is 3.54. The normalized spacial score (nSPS) is 10.4. The Bertz CT molecular complexity index is 673. The molecule has 0 aliphatic carbocycles. The standard InChI is InChI=1S/C17H19NO2S/c1-11-4-5-12(2)15(10-11)17(20)18-9-8-14-6-7-16(21-14)13(3)19/h4-7,10H,8-9H2,1-3H3,(H,18,20). The van der Waals surface area contributed by atoms with Gasteiger partial charge in [0.15, 0.2) is 5.78 Å². The highest BCUT2D eigenvalue weighted by atomic mass is 32.1. The van der Waals surface area contributed by atoms with E-state index in [2.05, 4.69) is 5.32 Å². The van der Waals surface area contributed by atoms with Gasteiger partial charge >= 0.3 is 0 Å². The summed E-state index contributed by atoms with van der Waals surface area (Å²) in [6.07, 6.45) is 0.745. The molecule has 110 valence electrons. The van der Waals surface area contributed by atoms with Crippen LogP contribution in [0.3, 0.4) is 0 Å². The van der Waals surface area contributed by atoms with Gasteiger partial charge in [-0.25, -0.2) is 0 Å². The molecule has 21 heavy (non-hydrogen) atoms. The van der Waals surface area contributed by atoms with E-state index >= 15 is 0 Å². The summed E-state index contributed by atoms with van der Waals surface area (Å²) in [7, 11) is 0. The smallest absolute Gasteiger partial charge is 0.251 e. The molecule has 4 heteroatoms. The minimum absolute atomic E-state index is 0.0421. The SMILES string of the molecule is CC(=O)c1ccc(CCNC(=O)c2cc(C)ccc2C)s1. The van der Waals surface area contributed by atoms with Crippen molar-refractivity contribution in [1.29, 1.82) is 0 Å². The van der Waals surface area contributed by atoms with E-state index in [-0.39, 0.29) is 11.7 Å². The van der Waals surface area contributed by atoms with Crippen LogP contribution in [0.5, 0.6) is 0 Å².